The molecule has 0 radical (unpaired) electrons. The third kappa shape index (κ3) is 3.48. The number of nitro groups is 1. The molecule has 0 bridgehead atoms. The Kier molecular flexibility index (Phi) is 4.23. The first kappa shape index (κ1) is 15.0. The van der Waals surface area contributed by atoms with Crippen LogP contribution in [0.4, 0.5) is 5.69 Å². The zero-order valence-corrected chi connectivity index (χ0v) is 12.6. The fourth-order valence-electron chi connectivity index (χ4n) is 2.29. The summed E-state index contributed by atoms with van der Waals surface area (Å²) in [5.74, 6) is 1.44. The number of para-hydroxylation sites is 2. The summed E-state index contributed by atoms with van der Waals surface area (Å²) in [5.41, 5.74) is 0.732. The number of rotatable bonds is 4. The van der Waals surface area contributed by atoms with E-state index < -0.39 is 4.92 Å². The summed E-state index contributed by atoms with van der Waals surface area (Å²) < 4.78 is 11.6. The van der Waals surface area contributed by atoms with Gasteiger partial charge in [0.15, 0.2) is 17.6 Å². The standard InChI is InChI=1S/C17H16N2O4/c1-12(17-11-22-15-7-2-3-8-16(15)23-17)18-10-13-5-4-6-14(9-13)19(20)21/h2-10,12,17H,11H2,1H3. The second kappa shape index (κ2) is 6.48. The minimum Gasteiger partial charge on any atom is -0.486 e. The Hall–Kier alpha value is -2.89. The van der Waals surface area contributed by atoms with Crippen LogP contribution in [-0.2, 0) is 0 Å². The van der Waals surface area contributed by atoms with Gasteiger partial charge in [-0.05, 0) is 24.6 Å². The maximum atomic E-state index is 10.8. The highest BCUT2D eigenvalue weighted by Crippen LogP contribution is 2.31. The van der Waals surface area contributed by atoms with Crippen LogP contribution < -0.4 is 9.47 Å². The van der Waals surface area contributed by atoms with Gasteiger partial charge < -0.3 is 9.47 Å². The first-order valence-electron chi connectivity index (χ1n) is 7.29. The van der Waals surface area contributed by atoms with Crippen LogP contribution in [0.25, 0.3) is 0 Å². The topological polar surface area (TPSA) is 74.0 Å². The Morgan fingerprint density at radius 2 is 2.04 bits per heavy atom. The Morgan fingerprint density at radius 1 is 1.26 bits per heavy atom. The lowest BCUT2D eigenvalue weighted by atomic mass is 10.1. The maximum Gasteiger partial charge on any atom is 0.270 e. The van der Waals surface area contributed by atoms with Gasteiger partial charge in [-0.3, -0.25) is 15.1 Å². The van der Waals surface area contributed by atoms with E-state index >= 15 is 0 Å². The van der Waals surface area contributed by atoms with Crippen molar-refractivity contribution in [3.05, 3.63) is 64.2 Å². The van der Waals surface area contributed by atoms with Crippen molar-refractivity contribution in [3.63, 3.8) is 0 Å². The molecule has 1 aliphatic rings. The molecule has 2 atom stereocenters. The molecule has 23 heavy (non-hydrogen) atoms. The van der Waals surface area contributed by atoms with Gasteiger partial charge in [-0.25, -0.2) is 0 Å². The Balaban J connectivity index is 1.69. The molecule has 6 nitrogen and oxygen atoms in total. The fourth-order valence-corrected chi connectivity index (χ4v) is 2.29. The number of aliphatic imine (C=N–C) groups is 1. The molecule has 0 aromatic heterocycles. The highest BCUT2D eigenvalue weighted by molar-refractivity contribution is 5.80. The molecule has 2 aromatic rings. The van der Waals surface area contributed by atoms with E-state index in [1.54, 1.807) is 18.3 Å². The third-order valence-electron chi connectivity index (χ3n) is 3.61. The third-order valence-corrected chi connectivity index (χ3v) is 3.61. The SMILES string of the molecule is CC(N=Cc1cccc([N+](=O)[O-])c1)C1COc2ccccc2O1. The number of benzene rings is 2. The van der Waals surface area contributed by atoms with Crippen molar-refractivity contribution in [2.75, 3.05) is 6.61 Å². The highest BCUT2D eigenvalue weighted by Gasteiger charge is 2.25. The molecule has 0 saturated heterocycles. The number of ether oxygens (including phenoxy) is 2. The van der Waals surface area contributed by atoms with Crippen molar-refractivity contribution in [1.29, 1.82) is 0 Å². The molecule has 6 heteroatoms. The smallest absolute Gasteiger partial charge is 0.270 e. The van der Waals surface area contributed by atoms with Gasteiger partial charge in [-0.1, -0.05) is 24.3 Å². The largest absolute Gasteiger partial charge is 0.486 e. The van der Waals surface area contributed by atoms with Crippen LogP contribution in [-0.4, -0.2) is 29.9 Å². The van der Waals surface area contributed by atoms with E-state index in [4.69, 9.17) is 9.47 Å². The van der Waals surface area contributed by atoms with Crippen LogP contribution in [0, 0.1) is 10.1 Å². The lowest BCUT2D eigenvalue weighted by Crippen LogP contribution is -2.37. The zero-order valence-electron chi connectivity index (χ0n) is 12.6. The molecule has 118 valence electrons. The average Bonchev–Trinajstić information content (AvgIpc) is 2.59. The van der Waals surface area contributed by atoms with Crippen LogP contribution in [0.5, 0.6) is 11.5 Å². The van der Waals surface area contributed by atoms with E-state index in [1.807, 2.05) is 31.2 Å². The lowest BCUT2D eigenvalue weighted by Gasteiger charge is -2.28. The molecule has 2 unspecified atom stereocenters. The van der Waals surface area contributed by atoms with Crippen LogP contribution in [0.3, 0.4) is 0 Å². The summed E-state index contributed by atoms with van der Waals surface area (Å²) in [6, 6.07) is 13.7. The number of fused-ring (bicyclic) bond motifs is 1. The Bertz CT molecular complexity index is 745. The van der Waals surface area contributed by atoms with Gasteiger partial charge in [-0.2, -0.15) is 0 Å². The quantitative estimate of drug-likeness (QED) is 0.493. The van der Waals surface area contributed by atoms with Gasteiger partial charge >= 0.3 is 0 Å². The first-order valence-corrected chi connectivity index (χ1v) is 7.29. The van der Waals surface area contributed by atoms with Gasteiger partial charge in [0.05, 0.1) is 11.0 Å². The molecular formula is C17H16N2O4. The molecule has 0 aliphatic carbocycles. The van der Waals surface area contributed by atoms with Crippen LogP contribution in [0.15, 0.2) is 53.5 Å². The van der Waals surface area contributed by atoms with E-state index in [-0.39, 0.29) is 17.8 Å². The average molecular weight is 312 g/mol. The predicted molar refractivity (Wildman–Crippen MR) is 86.5 cm³/mol. The summed E-state index contributed by atoms with van der Waals surface area (Å²) in [6.07, 6.45) is 1.43. The van der Waals surface area contributed by atoms with Gasteiger partial charge in [0, 0.05) is 18.3 Å². The van der Waals surface area contributed by atoms with E-state index in [0.717, 1.165) is 5.75 Å². The molecule has 2 aromatic carbocycles. The van der Waals surface area contributed by atoms with Crippen molar-refractivity contribution in [2.45, 2.75) is 19.1 Å². The van der Waals surface area contributed by atoms with E-state index in [0.29, 0.717) is 17.9 Å². The summed E-state index contributed by atoms with van der Waals surface area (Å²) in [5, 5.41) is 10.8. The van der Waals surface area contributed by atoms with Gasteiger partial charge in [0.2, 0.25) is 0 Å². The van der Waals surface area contributed by atoms with Crippen LogP contribution in [0.1, 0.15) is 12.5 Å². The Labute approximate surface area is 133 Å². The molecule has 0 spiro atoms. The molecule has 0 saturated carbocycles. The number of hydrogen-bond donors (Lipinski definition) is 0. The number of nitro benzene ring substituents is 1. The van der Waals surface area contributed by atoms with Crippen molar-refractivity contribution in [2.24, 2.45) is 4.99 Å². The molecule has 0 amide bonds. The van der Waals surface area contributed by atoms with E-state index in [9.17, 15) is 10.1 Å². The number of non-ortho nitro benzene ring substituents is 1. The highest BCUT2D eigenvalue weighted by atomic mass is 16.6. The predicted octanol–water partition coefficient (Wildman–Crippen LogP) is 3.24. The van der Waals surface area contributed by atoms with E-state index in [1.165, 1.54) is 12.1 Å². The van der Waals surface area contributed by atoms with Gasteiger partial charge in [0.25, 0.3) is 5.69 Å². The van der Waals surface area contributed by atoms with Gasteiger partial charge in [-0.15, -0.1) is 0 Å². The number of nitrogens with zero attached hydrogens (tertiary/aromatic N) is 2. The summed E-state index contributed by atoms with van der Waals surface area (Å²) in [6.45, 7) is 2.35. The molecule has 1 aliphatic heterocycles. The molecule has 3 rings (SSSR count). The van der Waals surface area contributed by atoms with Gasteiger partial charge in [0.1, 0.15) is 6.61 Å². The number of hydrogen-bond acceptors (Lipinski definition) is 5. The molecule has 0 N–H and O–H groups in total. The molecule has 1 heterocycles. The zero-order chi connectivity index (χ0) is 16.2. The minimum absolute atomic E-state index is 0.0489. The summed E-state index contributed by atoms with van der Waals surface area (Å²) in [7, 11) is 0. The summed E-state index contributed by atoms with van der Waals surface area (Å²) in [4.78, 5) is 14.8. The van der Waals surface area contributed by atoms with Crippen LogP contribution in [0.2, 0.25) is 0 Å². The van der Waals surface area contributed by atoms with Crippen molar-refractivity contribution < 1.29 is 14.4 Å². The van der Waals surface area contributed by atoms with Crippen LogP contribution >= 0.6 is 0 Å². The Morgan fingerprint density at radius 3 is 2.83 bits per heavy atom. The molecule has 0 fully saturated rings. The second-order valence-electron chi connectivity index (χ2n) is 5.28. The monoisotopic (exact) mass is 312 g/mol. The minimum atomic E-state index is -0.421. The second-order valence-corrected chi connectivity index (χ2v) is 5.28. The fraction of sp³-hybridized carbons (Fsp3) is 0.235. The first-order chi connectivity index (χ1) is 11.1. The summed E-state index contributed by atoms with van der Waals surface area (Å²) >= 11 is 0. The maximum absolute atomic E-state index is 10.8. The lowest BCUT2D eigenvalue weighted by molar-refractivity contribution is -0.384. The van der Waals surface area contributed by atoms with E-state index in [2.05, 4.69) is 4.99 Å². The van der Waals surface area contributed by atoms with Crippen molar-refractivity contribution in [1.82, 2.24) is 0 Å². The molecular weight excluding hydrogens is 296 g/mol. The van der Waals surface area contributed by atoms with Crippen molar-refractivity contribution >= 4 is 11.9 Å². The van der Waals surface area contributed by atoms with Crippen molar-refractivity contribution in [3.8, 4) is 11.5 Å². The normalized spacial score (nSPS) is 17.9.